The Kier molecular flexibility index (Phi) is 7.94. The molecule has 0 atom stereocenters. The molecule has 0 heterocycles. The van der Waals surface area contributed by atoms with Crippen LogP contribution in [0.5, 0.6) is 0 Å². The molecule has 3 aromatic carbocycles. The first-order valence-electron chi connectivity index (χ1n) is 9.51. The zero-order chi connectivity index (χ0) is 18.7. The van der Waals surface area contributed by atoms with Crippen LogP contribution < -0.4 is 4.90 Å². The second-order valence-electron chi connectivity index (χ2n) is 6.48. The van der Waals surface area contributed by atoms with E-state index >= 15 is 0 Å². The molecule has 0 bridgehead atoms. The number of alkyl halides is 1. The van der Waals surface area contributed by atoms with Crippen LogP contribution in [0.4, 0.5) is 17.1 Å². The third-order valence-electron chi connectivity index (χ3n) is 4.41. The summed E-state index contributed by atoms with van der Waals surface area (Å²) in [7, 11) is 0. The van der Waals surface area contributed by atoms with E-state index in [-0.39, 0.29) is 0 Å². The minimum atomic E-state index is 0.672. The van der Waals surface area contributed by atoms with Crippen molar-refractivity contribution in [3.63, 3.8) is 0 Å². The molecule has 3 aromatic rings. The van der Waals surface area contributed by atoms with Crippen molar-refractivity contribution in [1.29, 1.82) is 0 Å². The monoisotopic (exact) mass is 423 g/mol. The predicted octanol–water partition coefficient (Wildman–Crippen LogP) is 7.24. The van der Waals surface area contributed by atoms with E-state index < -0.39 is 0 Å². The molecule has 0 N–H and O–H groups in total. The van der Waals surface area contributed by atoms with Crippen LogP contribution in [0.15, 0.2) is 84.9 Å². The molecule has 140 valence electrons. The normalized spacial score (nSPS) is 10.7. The molecular weight excluding hydrogens is 398 g/mol. The van der Waals surface area contributed by atoms with Gasteiger partial charge in [0, 0.05) is 29.0 Å². The zero-order valence-corrected chi connectivity index (χ0v) is 17.1. The summed E-state index contributed by atoms with van der Waals surface area (Å²) in [4.78, 5) is 2.27. The summed E-state index contributed by atoms with van der Waals surface area (Å²) in [5.41, 5.74) is 4.66. The minimum Gasteiger partial charge on any atom is -0.377 e. The van der Waals surface area contributed by atoms with Crippen molar-refractivity contribution in [1.82, 2.24) is 0 Å². The van der Waals surface area contributed by atoms with Gasteiger partial charge < -0.3 is 9.64 Å². The molecule has 0 unspecified atom stereocenters. The highest BCUT2D eigenvalue weighted by atomic mass is 79.9. The van der Waals surface area contributed by atoms with Crippen LogP contribution in [0.2, 0.25) is 0 Å². The maximum atomic E-state index is 5.81. The Morgan fingerprint density at radius 1 is 0.630 bits per heavy atom. The smallest absolute Gasteiger partial charge is 0.0716 e. The molecule has 0 aliphatic heterocycles. The Morgan fingerprint density at radius 2 is 1.19 bits per heavy atom. The molecule has 0 amide bonds. The zero-order valence-electron chi connectivity index (χ0n) is 15.6. The standard InChI is InChI=1S/C24H26BrNO/c25-18-8-3-9-19-27-20-21-14-16-24(17-15-21)26(22-10-4-1-5-11-22)23-12-6-2-7-13-23/h1-2,4-7,10-17H,3,8-9,18-20H2. The van der Waals surface area contributed by atoms with E-state index in [2.05, 4.69) is 93.6 Å². The van der Waals surface area contributed by atoms with Crippen molar-refractivity contribution < 1.29 is 4.74 Å². The van der Waals surface area contributed by atoms with Crippen molar-refractivity contribution in [2.45, 2.75) is 25.9 Å². The maximum Gasteiger partial charge on any atom is 0.0716 e. The van der Waals surface area contributed by atoms with Crippen LogP contribution in [-0.2, 0) is 11.3 Å². The van der Waals surface area contributed by atoms with Gasteiger partial charge in [-0.3, -0.25) is 0 Å². The van der Waals surface area contributed by atoms with E-state index in [9.17, 15) is 0 Å². The van der Waals surface area contributed by atoms with Crippen LogP contribution in [-0.4, -0.2) is 11.9 Å². The fourth-order valence-electron chi connectivity index (χ4n) is 3.01. The molecule has 2 nitrogen and oxygen atoms in total. The second kappa shape index (κ2) is 10.9. The van der Waals surface area contributed by atoms with E-state index in [1.807, 2.05) is 12.1 Å². The summed E-state index contributed by atoms with van der Waals surface area (Å²) in [5.74, 6) is 0. The number of para-hydroxylation sites is 2. The number of rotatable bonds is 10. The third-order valence-corrected chi connectivity index (χ3v) is 4.98. The first-order chi connectivity index (χ1) is 13.4. The van der Waals surface area contributed by atoms with Crippen molar-refractivity contribution in [3.05, 3.63) is 90.5 Å². The number of benzene rings is 3. The molecule has 0 saturated carbocycles. The van der Waals surface area contributed by atoms with E-state index in [1.165, 1.54) is 18.4 Å². The van der Waals surface area contributed by atoms with Crippen molar-refractivity contribution in [2.75, 3.05) is 16.8 Å². The van der Waals surface area contributed by atoms with Gasteiger partial charge in [0.05, 0.1) is 6.61 Å². The van der Waals surface area contributed by atoms with Crippen molar-refractivity contribution in [3.8, 4) is 0 Å². The molecule has 3 rings (SSSR count). The number of nitrogens with zero attached hydrogens (tertiary/aromatic N) is 1. The Balaban J connectivity index is 1.69. The Bertz CT molecular complexity index is 735. The summed E-state index contributed by atoms with van der Waals surface area (Å²) in [6.07, 6.45) is 3.56. The molecule has 0 radical (unpaired) electrons. The molecule has 3 heteroatoms. The van der Waals surface area contributed by atoms with E-state index in [0.717, 1.165) is 35.4 Å². The van der Waals surface area contributed by atoms with Crippen molar-refractivity contribution >= 4 is 33.0 Å². The first kappa shape index (κ1) is 19.7. The molecule has 27 heavy (non-hydrogen) atoms. The predicted molar refractivity (Wildman–Crippen MR) is 118 cm³/mol. The molecule has 0 spiro atoms. The fraction of sp³-hybridized carbons (Fsp3) is 0.250. The lowest BCUT2D eigenvalue weighted by molar-refractivity contribution is 0.117. The lowest BCUT2D eigenvalue weighted by atomic mass is 10.1. The molecular formula is C24H26BrNO. The average Bonchev–Trinajstić information content (AvgIpc) is 2.73. The van der Waals surface area contributed by atoms with Crippen LogP contribution in [0.1, 0.15) is 24.8 Å². The lowest BCUT2D eigenvalue weighted by Gasteiger charge is -2.25. The van der Waals surface area contributed by atoms with E-state index in [1.54, 1.807) is 0 Å². The Labute approximate surface area is 170 Å². The summed E-state index contributed by atoms with van der Waals surface area (Å²) in [6.45, 7) is 1.50. The van der Waals surface area contributed by atoms with Crippen LogP contribution in [0, 0.1) is 0 Å². The summed E-state index contributed by atoms with van der Waals surface area (Å²) < 4.78 is 5.81. The quantitative estimate of drug-likeness (QED) is 0.251. The van der Waals surface area contributed by atoms with E-state index in [0.29, 0.717) is 6.61 Å². The van der Waals surface area contributed by atoms with Gasteiger partial charge in [-0.2, -0.15) is 0 Å². The third kappa shape index (κ3) is 5.95. The van der Waals surface area contributed by atoms with Crippen LogP contribution in [0.25, 0.3) is 0 Å². The van der Waals surface area contributed by atoms with Gasteiger partial charge in [0.15, 0.2) is 0 Å². The summed E-state index contributed by atoms with van der Waals surface area (Å²) in [5, 5.41) is 1.08. The average molecular weight is 424 g/mol. The lowest BCUT2D eigenvalue weighted by Crippen LogP contribution is -2.09. The van der Waals surface area contributed by atoms with Gasteiger partial charge in [0.25, 0.3) is 0 Å². The number of unbranched alkanes of at least 4 members (excludes halogenated alkanes) is 2. The van der Waals surface area contributed by atoms with Gasteiger partial charge in [-0.15, -0.1) is 0 Å². The number of hydrogen-bond donors (Lipinski definition) is 0. The minimum absolute atomic E-state index is 0.672. The fourth-order valence-corrected chi connectivity index (χ4v) is 3.40. The number of hydrogen-bond acceptors (Lipinski definition) is 2. The molecule has 0 aromatic heterocycles. The molecule has 0 saturated heterocycles. The van der Waals surface area contributed by atoms with Gasteiger partial charge in [-0.25, -0.2) is 0 Å². The number of anilines is 3. The van der Waals surface area contributed by atoms with Crippen LogP contribution >= 0.6 is 15.9 Å². The van der Waals surface area contributed by atoms with E-state index in [4.69, 9.17) is 4.74 Å². The molecule has 0 aliphatic rings. The second-order valence-corrected chi connectivity index (χ2v) is 7.27. The van der Waals surface area contributed by atoms with Crippen molar-refractivity contribution in [2.24, 2.45) is 0 Å². The summed E-state index contributed by atoms with van der Waals surface area (Å²) in [6, 6.07) is 29.6. The topological polar surface area (TPSA) is 12.5 Å². The van der Waals surface area contributed by atoms with Crippen LogP contribution in [0.3, 0.4) is 0 Å². The maximum absolute atomic E-state index is 5.81. The highest BCUT2D eigenvalue weighted by Gasteiger charge is 2.11. The largest absolute Gasteiger partial charge is 0.377 e. The number of halogens is 1. The molecule has 0 fully saturated rings. The Hall–Kier alpha value is -2.10. The highest BCUT2D eigenvalue weighted by Crippen LogP contribution is 2.34. The number of ether oxygens (including phenoxy) is 1. The van der Waals surface area contributed by atoms with Gasteiger partial charge in [0.2, 0.25) is 0 Å². The summed E-state index contributed by atoms with van der Waals surface area (Å²) >= 11 is 3.46. The first-order valence-corrected chi connectivity index (χ1v) is 10.6. The Morgan fingerprint density at radius 3 is 1.74 bits per heavy atom. The SMILES string of the molecule is BrCCCCCOCc1ccc(N(c2ccccc2)c2ccccc2)cc1. The van der Waals surface area contributed by atoms with Gasteiger partial charge in [-0.05, 0) is 54.8 Å². The molecule has 0 aliphatic carbocycles. The highest BCUT2D eigenvalue weighted by molar-refractivity contribution is 9.09. The van der Waals surface area contributed by atoms with Gasteiger partial charge in [-0.1, -0.05) is 70.9 Å². The van der Waals surface area contributed by atoms with Gasteiger partial charge >= 0.3 is 0 Å². The van der Waals surface area contributed by atoms with Gasteiger partial charge in [0.1, 0.15) is 0 Å².